The maximum atomic E-state index is 12.8. The number of tetrazole rings is 1. The van der Waals surface area contributed by atoms with Crippen molar-refractivity contribution >= 4 is 5.91 Å². The van der Waals surface area contributed by atoms with Gasteiger partial charge in [0.15, 0.2) is 17.3 Å². The van der Waals surface area contributed by atoms with Gasteiger partial charge in [-0.3, -0.25) is 4.79 Å². The lowest BCUT2D eigenvalue weighted by molar-refractivity contribution is -0.137. The molecule has 4 heterocycles. The number of hydrogen-bond acceptors (Lipinski definition) is 8. The summed E-state index contributed by atoms with van der Waals surface area (Å²) in [5, 5.41) is 14.9. The fourth-order valence-corrected chi connectivity index (χ4v) is 4.52. The van der Waals surface area contributed by atoms with Crippen LogP contribution in [0.1, 0.15) is 22.0 Å². The Bertz CT molecular complexity index is 1270. The molecule has 0 aliphatic carbocycles. The second-order valence-corrected chi connectivity index (χ2v) is 8.33. The van der Waals surface area contributed by atoms with Crippen molar-refractivity contribution in [2.24, 2.45) is 0 Å². The van der Waals surface area contributed by atoms with Crippen LogP contribution in [0.4, 0.5) is 13.2 Å². The van der Waals surface area contributed by atoms with Gasteiger partial charge in [0.2, 0.25) is 6.79 Å². The Kier molecular flexibility index (Phi) is 5.11. The molecule has 3 aliphatic heterocycles. The standard InChI is InChI=1S/C22H18F3N5O5/c23-22(24,25)13-4-1-11(2-5-13)21(31)26-14-8-32-19-15(9-33-18(14)19)30-20(27-28-29-30)12-3-6-16-17(7-12)35-10-34-16/h1-7,14-15,18-19H,8-10H2,(H,26,31)/t14-,15+,18-,19+/m1/s1. The fraction of sp³-hybridized carbons (Fsp3) is 0.364. The average Bonchev–Trinajstić information content (AvgIpc) is 3.62. The van der Waals surface area contributed by atoms with Crippen LogP contribution in [0.25, 0.3) is 11.4 Å². The van der Waals surface area contributed by atoms with Crippen LogP contribution in [0.5, 0.6) is 11.5 Å². The Balaban J connectivity index is 1.16. The third kappa shape index (κ3) is 3.86. The van der Waals surface area contributed by atoms with Crippen molar-refractivity contribution in [2.45, 2.75) is 30.5 Å². The van der Waals surface area contributed by atoms with Gasteiger partial charge < -0.3 is 24.3 Å². The molecule has 0 spiro atoms. The summed E-state index contributed by atoms with van der Waals surface area (Å²) in [7, 11) is 0. The summed E-state index contributed by atoms with van der Waals surface area (Å²) in [5.41, 5.74) is 0.0226. The molecule has 2 saturated heterocycles. The first-order valence-electron chi connectivity index (χ1n) is 10.8. The first-order valence-corrected chi connectivity index (χ1v) is 10.8. The first-order chi connectivity index (χ1) is 16.9. The molecule has 1 amide bonds. The number of nitrogens with one attached hydrogen (secondary N) is 1. The molecule has 2 aromatic carbocycles. The Morgan fingerprint density at radius 1 is 1.00 bits per heavy atom. The summed E-state index contributed by atoms with van der Waals surface area (Å²) in [6.07, 6.45) is -5.36. The van der Waals surface area contributed by atoms with E-state index >= 15 is 0 Å². The van der Waals surface area contributed by atoms with Crippen molar-refractivity contribution < 1.29 is 36.9 Å². The van der Waals surface area contributed by atoms with Crippen LogP contribution < -0.4 is 14.8 Å². The number of rotatable bonds is 4. The molecule has 13 heteroatoms. The zero-order valence-corrected chi connectivity index (χ0v) is 17.9. The molecule has 10 nitrogen and oxygen atoms in total. The minimum atomic E-state index is -4.47. The van der Waals surface area contributed by atoms with Crippen LogP contribution in [0.2, 0.25) is 0 Å². The van der Waals surface area contributed by atoms with E-state index in [1.807, 2.05) is 6.07 Å². The predicted molar refractivity (Wildman–Crippen MR) is 111 cm³/mol. The monoisotopic (exact) mass is 489 g/mol. The number of amides is 1. The van der Waals surface area contributed by atoms with Crippen molar-refractivity contribution in [3.8, 4) is 22.9 Å². The zero-order valence-electron chi connectivity index (χ0n) is 17.9. The number of benzene rings is 2. The topological polar surface area (TPSA) is 110 Å². The second kappa shape index (κ2) is 8.20. The van der Waals surface area contributed by atoms with Gasteiger partial charge in [-0.15, -0.1) is 5.10 Å². The number of ether oxygens (including phenoxy) is 4. The number of aromatic nitrogens is 4. The summed E-state index contributed by atoms with van der Waals surface area (Å²) in [4.78, 5) is 12.6. The highest BCUT2D eigenvalue weighted by atomic mass is 19.4. The lowest BCUT2D eigenvalue weighted by atomic mass is 10.0. The third-order valence-electron chi connectivity index (χ3n) is 6.26. The van der Waals surface area contributed by atoms with Crippen LogP contribution in [-0.2, 0) is 15.7 Å². The summed E-state index contributed by atoms with van der Waals surface area (Å²) in [6.45, 7) is 0.585. The Morgan fingerprint density at radius 2 is 1.77 bits per heavy atom. The van der Waals surface area contributed by atoms with Gasteiger partial charge in [0.1, 0.15) is 18.2 Å². The molecule has 0 radical (unpaired) electrons. The molecule has 35 heavy (non-hydrogen) atoms. The summed E-state index contributed by atoms with van der Waals surface area (Å²) < 4.78 is 62.6. The first kappa shape index (κ1) is 21.8. The lowest BCUT2D eigenvalue weighted by Gasteiger charge is -2.18. The van der Waals surface area contributed by atoms with Crippen molar-refractivity contribution in [1.29, 1.82) is 0 Å². The number of fused-ring (bicyclic) bond motifs is 2. The number of carbonyl (C=O) groups is 1. The Hall–Kier alpha value is -3.71. The lowest BCUT2D eigenvalue weighted by Crippen LogP contribution is -2.44. The molecular weight excluding hydrogens is 471 g/mol. The fourth-order valence-electron chi connectivity index (χ4n) is 4.52. The molecule has 3 aliphatic rings. The number of hydrogen-bond donors (Lipinski definition) is 1. The van der Waals surface area contributed by atoms with E-state index < -0.39 is 35.9 Å². The van der Waals surface area contributed by atoms with E-state index in [1.54, 1.807) is 16.8 Å². The zero-order chi connectivity index (χ0) is 24.2. The molecule has 6 rings (SSSR count). The number of nitrogens with zero attached hydrogens (tertiary/aromatic N) is 4. The molecule has 182 valence electrons. The van der Waals surface area contributed by atoms with Gasteiger partial charge in [-0.25, -0.2) is 4.68 Å². The predicted octanol–water partition coefficient (Wildman–Crippen LogP) is 2.22. The van der Waals surface area contributed by atoms with E-state index in [4.69, 9.17) is 18.9 Å². The molecule has 4 atom stereocenters. The smallest absolute Gasteiger partial charge is 0.416 e. The highest BCUT2D eigenvalue weighted by molar-refractivity contribution is 5.94. The minimum Gasteiger partial charge on any atom is -0.454 e. The Labute approximate surface area is 195 Å². The summed E-state index contributed by atoms with van der Waals surface area (Å²) in [5.74, 6) is 1.23. The quantitative estimate of drug-likeness (QED) is 0.594. The molecule has 0 saturated carbocycles. The molecule has 3 aromatic rings. The maximum Gasteiger partial charge on any atom is 0.416 e. The van der Waals surface area contributed by atoms with Crippen molar-refractivity contribution in [2.75, 3.05) is 20.0 Å². The van der Waals surface area contributed by atoms with E-state index in [-0.39, 0.29) is 31.6 Å². The van der Waals surface area contributed by atoms with E-state index in [0.717, 1.165) is 29.8 Å². The second-order valence-electron chi connectivity index (χ2n) is 8.33. The largest absolute Gasteiger partial charge is 0.454 e. The van der Waals surface area contributed by atoms with Gasteiger partial charge in [0, 0.05) is 11.1 Å². The third-order valence-corrected chi connectivity index (χ3v) is 6.26. The molecule has 0 bridgehead atoms. The van der Waals surface area contributed by atoms with Gasteiger partial charge in [-0.2, -0.15) is 13.2 Å². The van der Waals surface area contributed by atoms with Gasteiger partial charge in [0.05, 0.1) is 24.8 Å². The van der Waals surface area contributed by atoms with Crippen molar-refractivity contribution in [3.63, 3.8) is 0 Å². The molecule has 1 N–H and O–H groups in total. The van der Waals surface area contributed by atoms with Gasteiger partial charge in [-0.1, -0.05) is 0 Å². The SMILES string of the molecule is O=C(N[C@@H]1CO[C@@H]2[C@@H]1OC[C@@H]2n1nnnc1-c1ccc2c(c1)OCO2)c1ccc(C(F)(F)F)cc1. The van der Waals surface area contributed by atoms with E-state index in [2.05, 4.69) is 20.8 Å². The highest BCUT2D eigenvalue weighted by Crippen LogP contribution is 2.38. The van der Waals surface area contributed by atoms with Crippen LogP contribution in [0, 0.1) is 0 Å². The molecule has 0 unspecified atom stereocenters. The highest BCUT2D eigenvalue weighted by Gasteiger charge is 2.50. The van der Waals surface area contributed by atoms with E-state index in [1.165, 1.54) is 0 Å². The Morgan fingerprint density at radius 3 is 2.57 bits per heavy atom. The van der Waals surface area contributed by atoms with Crippen LogP contribution in [0.3, 0.4) is 0 Å². The molecule has 2 fully saturated rings. The van der Waals surface area contributed by atoms with Crippen molar-refractivity contribution in [1.82, 2.24) is 25.5 Å². The average molecular weight is 489 g/mol. The van der Waals surface area contributed by atoms with Crippen molar-refractivity contribution in [3.05, 3.63) is 53.6 Å². The van der Waals surface area contributed by atoms with Gasteiger partial charge in [0.25, 0.3) is 5.91 Å². The van der Waals surface area contributed by atoms with Crippen LogP contribution in [0.15, 0.2) is 42.5 Å². The van der Waals surface area contributed by atoms with E-state index in [0.29, 0.717) is 17.3 Å². The van der Waals surface area contributed by atoms with Crippen LogP contribution >= 0.6 is 0 Å². The van der Waals surface area contributed by atoms with Crippen LogP contribution in [-0.4, -0.2) is 64.4 Å². The summed E-state index contributed by atoms with van der Waals surface area (Å²) >= 11 is 0. The van der Waals surface area contributed by atoms with Gasteiger partial charge >= 0.3 is 6.18 Å². The number of carbonyl (C=O) groups excluding carboxylic acids is 1. The molecular formula is C22H18F3N5O5. The minimum absolute atomic E-state index is 0.113. The molecule has 1 aromatic heterocycles. The maximum absolute atomic E-state index is 12.8. The number of alkyl halides is 3. The van der Waals surface area contributed by atoms with E-state index in [9.17, 15) is 18.0 Å². The van der Waals surface area contributed by atoms with Gasteiger partial charge in [-0.05, 0) is 52.9 Å². The number of halogens is 3. The normalized spacial score (nSPS) is 25.0. The summed E-state index contributed by atoms with van der Waals surface area (Å²) in [6, 6.07) is 8.61.